The van der Waals surface area contributed by atoms with Crippen LogP contribution in [0.4, 0.5) is 5.82 Å². The van der Waals surface area contributed by atoms with Crippen LogP contribution in [0.15, 0.2) is 66.2 Å². The van der Waals surface area contributed by atoms with E-state index >= 15 is 0 Å². The Morgan fingerprint density at radius 2 is 2.06 bits per heavy atom. The molecular formula is C26H25N5OS. The second-order valence-corrected chi connectivity index (χ2v) is 9.04. The van der Waals surface area contributed by atoms with Crippen molar-refractivity contribution >= 4 is 23.1 Å². The first kappa shape index (κ1) is 21.3. The molecule has 6 nitrogen and oxygen atoms in total. The number of carbonyl (C=O) groups excluding carboxylic acids is 1. The quantitative estimate of drug-likeness (QED) is 0.395. The summed E-state index contributed by atoms with van der Waals surface area (Å²) in [6.45, 7) is 0.742. The summed E-state index contributed by atoms with van der Waals surface area (Å²) >= 11 is 1.79. The molecule has 0 saturated heterocycles. The van der Waals surface area contributed by atoms with Crippen molar-refractivity contribution in [2.45, 2.75) is 25.4 Å². The molecule has 0 radical (unpaired) electrons. The van der Waals surface area contributed by atoms with Gasteiger partial charge < -0.3 is 16.4 Å². The number of hydrogen-bond donors (Lipinski definition) is 3. The topological polar surface area (TPSA) is 92.9 Å². The number of nitrogens with two attached hydrogens (primary N) is 1. The molecule has 0 spiro atoms. The number of rotatable bonds is 6. The van der Waals surface area contributed by atoms with E-state index in [-0.39, 0.29) is 17.4 Å². The van der Waals surface area contributed by atoms with Gasteiger partial charge in [-0.25, -0.2) is 9.97 Å². The monoisotopic (exact) mass is 455 g/mol. The van der Waals surface area contributed by atoms with E-state index in [9.17, 15) is 4.79 Å². The van der Waals surface area contributed by atoms with Crippen LogP contribution in [0.3, 0.4) is 0 Å². The van der Waals surface area contributed by atoms with Crippen molar-refractivity contribution in [2.75, 3.05) is 12.8 Å². The third kappa shape index (κ3) is 4.25. The molecular weight excluding hydrogens is 430 g/mol. The zero-order valence-corrected chi connectivity index (χ0v) is 19.2. The number of carbonyl (C=O) groups is 1. The number of nitrogens with one attached hydrogen (secondary N) is 2. The number of amides is 1. The minimum atomic E-state index is -0.346. The zero-order chi connectivity index (χ0) is 22.8. The Balaban J connectivity index is 1.34. The van der Waals surface area contributed by atoms with Gasteiger partial charge in [0.25, 0.3) is 5.91 Å². The number of nitrogens with zero attached hydrogens (tertiary/aromatic N) is 2. The summed E-state index contributed by atoms with van der Waals surface area (Å²) in [7, 11) is 1.55. The lowest BCUT2D eigenvalue weighted by molar-refractivity contribution is 0.0959. The molecule has 166 valence electrons. The first-order chi connectivity index (χ1) is 16.1. The SMILES string of the molecule is CNC(=O)c1nc(-c2cccc(CNC3CCc4c(-c5cccs5)cccc43)c2)cnc1N. The highest BCUT2D eigenvalue weighted by atomic mass is 32.1. The number of hydrogen-bond acceptors (Lipinski definition) is 6. The average Bonchev–Trinajstić information content (AvgIpc) is 3.53. The molecule has 0 fully saturated rings. The lowest BCUT2D eigenvalue weighted by atomic mass is 10.0. The van der Waals surface area contributed by atoms with Crippen LogP contribution in [-0.4, -0.2) is 22.9 Å². The summed E-state index contributed by atoms with van der Waals surface area (Å²) in [5, 5.41) is 8.42. The van der Waals surface area contributed by atoms with E-state index in [4.69, 9.17) is 5.73 Å². The Hall–Kier alpha value is -3.55. The molecule has 4 N–H and O–H groups in total. The number of benzene rings is 2. The van der Waals surface area contributed by atoms with Gasteiger partial charge in [-0.15, -0.1) is 11.3 Å². The van der Waals surface area contributed by atoms with Crippen LogP contribution in [-0.2, 0) is 13.0 Å². The first-order valence-electron chi connectivity index (χ1n) is 11.0. The Kier molecular flexibility index (Phi) is 5.90. The van der Waals surface area contributed by atoms with Crippen molar-refractivity contribution in [1.82, 2.24) is 20.6 Å². The zero-order valence-electron chi connectivity index (χ0n) is 18.3. The molecule has 2 aromatic carbocycles. The van der Waals surface area contributed by atoms with Gasteiger partial charge in [-0.05, 0) is 52.6 Å². The fourth-order valence-corrected chi connectivity index (χ4v) is 5.21. The van der Waals surface area contributed by atoms with E-state index in [1.165, 1.54) is 21.6 Å². The molecule has 1 atom stereocenters. The van der Waals surface area contributed by atoms with Crippen molar-refractivity contribution in [3.8, 4) is 21.7 Å². The molecule has 1 aliphatic rings. The number of nitrogen functional groups attached to an aromatic ring is 1. The summed E-state index contributed by atoms with van der Waals surface area (Å²) in [5.74, 6) is -0.223. The third-order valence-electron chi connectivity index (χ3n) is 6.08. The molecule has 4 aromatic rings. The van der Waals surface area contributed by atoms with E-state index in [0.29, 0.717) is 11.7 Å². The fraction of sp³-hybridized carbons (Fsp3) is 0.192. The lowest BCUT2D eigenvalue weighted by Crippen LogP contribution is -2.21. The van der Waals surface area contributed by atoms with Crippen molar-refractivity contribution in [1.29, 1.82) is 0 Å². The number of anilines is 1. The minimum absolute atomic E-state index is 0.123. The number of fused-ring (bicyclic) bond motifs is 1. The summed E-state index contributed by atoms with van der Waals surface area (Å²) < 4.78 is 0. The molecule has 33 heavy (non-hydrogen) atoms. The Morgan fingerprint density at radius 3 is 2.88 bits per heavy atom. The normalized spacial score (nSPS) is 14.8. The van der Waals surface area contributed by atoms with Crippen LogP contribution < -0.4 is 16.4 Å². The Labute approximate surface area is 196 Å². The van der Waals surface area contributed by atoms with Gasteiger partial charge in [0.15, 0.2) is 11.5 Å². The summed E-state index contributed by atoms with van der Waals surface area (Å²) in [4.78, 5) is 22.0. The lowest BCUT2D eigenvalue weighted by Gasteiger charge is -2.15. The fourth-order valence-electron chi connectivity index (χ4n) is 4.43. The molecule has 1 aliphatic carbocycles. The second kappa shape index (κ2) is 9.13. The van der Waals surface area contributed by atoms with Gasteiger partial charge >= 0.3 is 0 Å². The second-order valence-electron chi connectivity index (χ2n) is 8.09. The van der Waals surface area contributed by atoms with Gasteiger partial charge in [-0.3, -0.25) is 4.79 Å². The van der Waals surface area contributed by atoms with Gasteiger partial charge in [-0.1, -0.05) is 42.5 Å². The van der Waals surface area contributed by atoms with Crippen molar-refractivity contribution in [3.63, 3.8) is 0 Å². The van der Waals surface area contributed by atoms with Crippen LogP contribution >= 0.6 is 11.3 Å². The highest BCUT2D eigenvalue weighted by Gasteiger charge is 2.24. The average molecular weight is 456 g/mol. The smallest absolute Gasteiger partial charge is 0.273 e. The highest BCUT2D eigenvalue weighted by molar-refractivity contribution is 7.13. The molecule has 0 saturated carbocycles. The Morgan fingerprint density at radius 1 is 1.18 bits per heavy atom. The molecule has 1 amide bonds. The number of thiophene rings is 1. The maximum Gasteiger partial charge on any atom is 0.273 e. The first-order valence-corrected chi connectivity index (χ1v) is 11.8. The molecule has 2 heterocycles. The van der Waals surface area contributed by atoms with Gasteiger partial charge in [0.05, 0.1) is 11.9 Å². The predicted octanol–water partition coefficient (Wildman–Crippen LogP) is 4.59. The van der Waals surface area contributed by atoms with Crippen LogP contribution in [0.1, 0.15) is 39.6 Å². The summed E-state index contributed by atoms with van der Waals surface area (Å²) in [5.41, 5.74) is 12.9. The van der Waals surface area contributed by atoms with E-state index in [0.717, 1.165) is 30.5 Å². The van der Waals surface area contributed by atoms with Crippen LogP contribution in [0.5, 0.6) is 0 Å². The van der Waals surface area contributed by atoms with Crippen molar-refractivity contribution < 1.29 is 4.79 Å². The van der Waals surface area contributed by atoms with E-state index in [1.54, 1.807) is 24.6 Å². The molecule has 0 aliphatic heterocycles. The molecule has 1 unspecified atom stereocenters. The van der Waals surface area contributed by atoms with Crippen molar-refractivity contribution in [3.05, 3.63) is 88.6 Å². The Bertz CT molecular complexity index is 1300. The van der Waals surface area contributed by atoms with Gasteiger partial charge in [0.1, 0.15) is 0 Å². The molecule has 2 aromatic heterocycles. The maximum atomic E-state index is 12.0. The van der Waals surface area contributed by atoms with Crippen LogP contribution in [0, 0.1) is 0 Å². The molecule has 7 heteroatoms. The summed E-state index contributed by atoms with van der Waals surface area (Å²) in [6, 6.07) is 19.4. The van der Waals surface area contributed by atoms with E-state index in [1.807, 2.05) is 12.1 Å². The predicted molar refractivity (Wildman–Crippen MR) is 133 cm³/mol. The molecule has 0 bridgehead atoms. The highest BCUT2D eigenvalue weighted by Crippen LogP contribution is 2.39. The van der Waals surface area contributed by atoms with Crippen molar-refractivity contribution in [2.24, 2.45) is 0 Å². The van der Waals surface area contributed by atoms with Gasteiger partial charge in [0.2, 0.25) is 0 Å². The third-order valence-corrected chi connectivity index (χ3v) is 6.98. The van der Waals surface area contributed by atoms with Gasteiger partial charge in [-0.2, -0.15) is 0 Å². The van der Waals surface area contributed by atoms with Crippen LogP contribution in [0.25, 0.3) is 21.7 Å². The van der Waals surface area contributed by atoms with E-state index < -0.39 is 0 Å². The van der Waals surface area contributed by atoms with E-state index in [2.05, 4.69) is 68.4 Å². The molecule has 5 rings (SSSR count). The van der Waals surface area contributed by atoms with Gasteiger partial charge in [0, 0.05) is 30.1 Å². The standard InChI is InChI=1S/C26H25N5OS/c1-28-26(32)24-25(27)30-15-22(31-24)17-6-2-5-16(13-17)14-29-21-11-10-18-19(21)7-3-8-20(18)23-9-4-12-33-23/h2-9,12-13,15,21,29H,10-11,14H2,1H3,(H2,27,30)(H,28,32). The largest absolute Gasteiger partial charge is 0.382 e. The maximum absolute atomic E-state index is 12.0. The summed E-state index contributed by atoms with van der Waals surface area (Å²) in [6.07, 6.45) is 3.79. The van der Waals surface area contributed by atoms with Crippen LogP contribution in [0.2, 0.25) is 0 Å². The number of aromatic nitrogens is 2. The minimum Gasteiger partial charge on any atom is -0.382 e.